The molecule has 4 nitrogen and oxygen atoms in total. The van der Waals surface area contributed by atoms with Gasteiger partial charge in [-0.3, -0.25) is 4.79 Å². The van der Waals surface area contributed by atoms with Gasteiger partial charge in [0, 0.05) is 24.2 Å². The lowest BCUT2D eigenvalue weighted by atomic mass is 10.1. The summed E-state index contributed by atoms with van der Waals surface area (Å²) in [6.07, 6.45) is 13.2. The van der Waals surface area contributed by atoms with Gasteiger partial charge in [0.25, 0.3) is 0 Å². The van der Waals surface area contributed by atoms with E-state index < -0.39 is 0 Å². The summed E-state index contributed by atoms with van der Waals surface area (Å²) in [5.41, 5.74) is 0.988. The van der Waals surface area contributed by atoms with Crippen molar-refractivity contribution in [2.45, 2.75) is 52.9 Å². The highest BCUT2D eigenvalue weighted by Gasteiger charge is 2.02. The van der Waals surface area contributed by atoms with Gasteiger partial charge >= 0.3 is 0 Å². The first-order chi connectivity index (χ1) is 14.1. The van der Waals surface area contributed by atoms with E-state index in [1.54, 1.807) is 12.3 Å². The van der Waals surface area contributed by atoms with Crippen LogP contribution in [0.5, 0.6) is 5.88 Å². The van der Waals surface area contributed by atoms with Crippen LogP contribution in [0.1, 0.15) is 52.9 Å². The number of aromatic nitrogens is 1. The molecule has 0 aliphatic rings. The van der Waals surface area contributed by atoms with Gasteiger partial charge in [-0.05, 0) is 55.2 Å². The van der Waals surface area contributed by atoms with Crippen LogP contribution in [0.15, 0.2) is 60.3 Å². The van der Waals surface area contributed by atoms with Crippen molar-refractivity contribution in [3.63, 3.8) is 0 Å². The molecule has 0 aliphatic heterocycles. The molecule has 0 saturated heterocycles. The fourth-order valence-electron chi connectivity index (χ4n) is 2.97. The Kier molecular flexibility index (Phi) is 9.98. The monoisotopic (exact) mass is 394 g/mol. The van der Waals surface area contributed by atoms with Gasteiger partial charge in [0.1, 0.15) is 0 Å². The first-order valence-corrected chi connectivity index (χ1v) is 10.7. The molecular formula is C25H34N2O2. The summed E-state index contributed by atoms with van der Waals surface area (Å²) in [7, 11) is 0. The fourth-order valence-corrected chi connectivity index (χ4v) is 2.97. The van der Waals surface area contributed by atoms with Gasteiger partial charge in [0.05, 0.1) is 6.61 Å². The van der Waals surface area contributed by atoms with Crippen LogP contribution in [-0.4, -0.2) is 24.0 Å². The van der Waals surface area contributed by atoms with Gasteiger partial charge in [-0.25, -0.2) is 4.98 Å². The molecule has 156 valence electrons. The normalized spacial score (nSPS) is 12.1. The molecule has 2 rings (SSSR count). The van der Waals surface area contributed by atoms with E-state index in [4.69, 9.17) is 4.74 Å². The average Bonchev–Trinajstić information content (AvgIpc) is 2.71. The van der Waals surface area contributed by atoms with Gasteiger partial charge in [0.15, 0.2) is 0 Å². The van der Waals surface area contributed by atoms with E-state index >= 15 is 0 Å². The maximum Gasteiger partial charge on any atom is 0.244 e. The summed E-state index contributed by atoms with van der Waals surface area (Å²) in [5.74, 6) is 1.18. The second-order valence-electron chi connectivity index (χ2n) is 7.82. The average molecular weight is 395 g/mol. The number of pyridine rings is 1. The molecule has 4 heteroatoms. The lowest BCUT2D eigenvalue weighted by Crippen LogP contribution is -2.25. The Morgan fingerprint density at radius 1 is 1.14 bits per heavy atom. The van der Waals surface area contributed by atoms with Crippen molar-refractivity contribution in [2.24, 2.45) is 5.92 Å². The molecule has 0 bridgehead atoms. The Balaban J connectivity index is 1.57. The highest BCUT2D eigenvalue weighted by atomic mass is 16.5. The van der Waals surface area contributed by atoms with Crippen LogP contribution in [0.3, 0.4) is 0 Å². The third kappa shape index (κ3) is 8.95. The zero-order chi connectivity index (χ0) is 20.9. The van der Waals surface area contributed by atoms with E-state index in [-0.39, 0.29) is 5.91 Å². The minimum Gasteiger partial charge on any atom is -0.477 e. The number of allylic oxidation sites excluding steroid dienone is 3. The summed E-state index contributed by atoms with van der Waals surface area (Å²) in [6.45, 7) is 7.55. The van der Waals surface area contributed by atoms with Crippen LogP contribution in [0.4, 0.5) is 0 Å². The van der Waals surface area contributed by atoms with Crippen LogP contribution in [0, 0.1) is 5.92 Å². The van der Waals surface area contributed by atoms with Crippen LogP contribution >= 0.6 is 0 Å². The summed E-state index contributed by atoms with van der Waals surface area (Å²) in [5, 5.41) is 5.13. The minimum absolute atomic E-state index is 0.0125. The third-order valence-corrected chi connectivity index (χ3v) is 4.57. The largest absolute Gasteiger partial charge is 0.477 e. The number of benzene rings is 1. The van der Waals surface area contributed by atoms with Crippen LogP contribution in [0.2, 0.25) is 0 Å². The molecule has 1 aromatic carbocycles. The second-order valence-corrected chi connectivity index (χ2v) is 7.82. The molecular weight excluding hydrogens is 360 g/mol. The van der Waals surface area contributed by atoms with Crippen molar-refractivity contribution in [1.29, 1.82) is 0 Å². The van der Waals surface area contributed by atoms with Crippen molar-refractivity contribution in [1.82, 2.24) is 10.3 Å². The van der Waals surface area contributed by atoms with Crippen molar-refractivity contribution >= 4 is 16.7 Å². The molecule has 2 aromatic rings. The summed E-state index contributed by atoms with van der Waals surface area (Å²) < 4.78 is 5.88. The Labute approximate surface area is 175 Å². The molecule has 0 aliphatic carbocycles. The number of carbonyl (C=O) groups is 1. The van der Waals surface area contributed by atoms with Gasteiger partial charge < -0.3 is 10.1 Å². The molecule has 0 atom stereocenters. The number of unbranched alkanes of at least 4 members (excludes halogenated alkanes) is 4. The standard InChI is InChI=1S/C25H34N2O2/c1-20(2)19-27-24(28)18-21(3)12-8-6-4-5-7-11-17-29-25-23-14-10-9-13-22(23)15-16-26-25/h8-10,12-16,18,20H,4-7,11,17,19H2,1-3H3,(H,27,28). The smallest absolute Gasteiger partial charge is 0.244 e. The highest BCUT2D eigenvalue weighted by molar-refractivity contribution is 5.88. The molecule has 29 heavy (non-hydrogen) atoms. The second kappa shape index (κ2) is 12.8. The number of carbonyl (C=O) groups excluding carboxylic acids is 1. The molecule has 0 spiro atoms. The minimum atomic E-state index is -0.0125. The van der Waals surface area contributed by atoms with E-state index in [2.05, 4.69) is 36.3 Å². The van der Waals surface area contributed by atoms with Crippen molar-refractivity contribution in [3.8, 4) is 5.88 Å². The van der Waals surface area contributed by atoms with Crippen molar-refractivity contribution < 1.29 is 9.53 Å². The van der Waals surface area contributed by atoms with Crippen molar-refractivity contribution in [3.05, 3.63) is 60.3 Å². The van der Waals surface area contributed by atoms with E-state index in [1.165, 1.54) is 6.42 Å². The Bertz CT molecular complexity index is 819. The maximum atomic E-state index is 11.7. The van der Waals surface area contributed by atoms with Crippen LogP contribution < -0.4 is 10.1 Å². The van der Waals surface area contributed by atoms with Gasteiger partial charge in [-0.1, -0.05) is 57.0 Å². The van der Waals surface area contributed by atoms with E-state index in [0.717, 1.165) is 47.9 Å². The van der Waals surface area contributed by atoms with E-state index in [0.29, 0.717) is 19.1 Å². The van der Waals surface area contributed by atoms with Crippen molar-refractivity contribution in [2.75, 3.05) is 13.2 Å². The van der Waals surface area contributed by atoms with Gasteiger partial charge in [-0.15, -0.1) is 0 Å². The molecule has 0 fully saturated rings. The molecule has 1 amide bonds. The number of hydrogen-bond donors (Lipinski definition) is 1. The Hall–Kier alpha value is -2.62. The summed E-state index contributed by atoms with van der Waals surface area (Å²) in [6, 6.07) is 10.2. The predicted octanol–water partition coefficient (Wildman–Crippen LogP) is 5.84. The van der Waals surface area contributed by atoms with Gasteiger partial charge in [-0.2, -0.15) is 0 Å². The number of nitrogens with zero attached hydrogens (tertiary/aromatic N) is 1. The number of ether oxygens (including phenoxy) is 1. The molecule has 0 saturated carbocycles. The lowest BCUT2D eigenvalue weighted by Gasteiger charge is -2.07. The van der Waals surface area contributed by atoms with Crippen LogP contribution in [0.25, 0.3) is 10.8 Å². The molecule has 0 radical (unpaired) electrons. The molecule has 1 heterocycles. The first kappa shape index (κ1) is 22.7. The number of nitrogens with one attached hydrogen (secondary N) is 1. The number of rotatable bonds is 12. The SMILES string of the molecule is CC(C=CCCCCCCOc1nccc2ccccc12)=CC(=O)NCC(C)C. The highest BCUT2D eigenvalue weighted by Crippen LogP contribution is 2.22. The number of amides is 1. The summed E-state index contributed by atoms with van der Waals surface area (Å²) >= 11 is 0. The van der Waals surface area contributed by atoms with E-state index in [1.807, 2.05) is 37.3 Å². The number of hydrogen-bond acceptors (Lipinski definition) is 3. The quantitative estimate of drug-likeness (QED) is 0.279. The molecule has 0 unspecified atom stereocenters. The Morgan fingerprint density at radius 2 is 1.93 bits per heavy atom. The molecule has 1 N–H and O–H groups in total. The van der Waals surface area contributed by atoms with Crippen LogP contribution in [-0.2, 0) is 4.79 Å². The maximum absolute atomic E-state index is 11.7. The fraction of sp³-hybridized carbons (Fsp3) is 0.440. The topological polar surface area (TPSA) is 51.2 Å². The lowest BCUT2D eigenvalue weighted by molar-refractivity contribution is -0.116. The van der Waals surface area contributed by atoms with E-state index in [9.17, 15) is 4.79 Å². The Morgan fingerprint density at radius 3 is 2.76 bits per heavy atom. The zero-order valence-corrected chi connectivity index (χ0v) is 18.0. The summed E-state index contributed by atoms with van der Waals surface area (Å²) in [4.78, 5) is 16.1. The zero-order valence-electron chi connectivity index (χ0n) is 18.0. The van der Waals surface area contributed by atoms with Gasteiger partial charge in [0.2, 0.25) is 11.8 Å². The predicted molar refractivity (Wildman–Crippen MR) is 121 cm³/mol. The number of fused-ring (bicyclic) bond motifs is 1. The first-order valence-electron chi connectivity index (χ1n) is 10.7. The molecule has 1 aromatic heterocycles. The third-order valence-electron chi connectivity index (χ3n) is 4.57.